The summed E-state index contributed by atoms with van der Waals surface area (Å²) in [5, 5.41) is 6.73. The second-order valence-electron chi connectivity index (χ2n) is 7.07. The molecule has 0 spiro atoms. The van der Waals surface area contributed by atoms with Crippen molar-refractivity contribution < 1.29 is 19.1 Å². The van der Waals surface area contributed by atoms with Crippen molar-refractivity contribution in [3.8, 4) is 5.75 Å². The first kappa shape index (κ1) is 20.9. The van der Waals surface area contributed by atoms with Gasteiger partial charge in [0.15, 0.2) is 0 Å². The molecule has 2 amide bonds. The lowest BCUT2D eigenvalue weighted by molar-refractivity contribution is -0.139. The predicted molar refractivity (Wildman–Crippen MR) is 113 cm³/mol. The number of ether oxygens (including phenoxy) is 2. The predicted octanol–water partition coefficient (Wildman–Crippen LogP) is 4.27. The summed E-state index contributed by atoms with van der Waals surface area (Å²) in [6, 6.07) is 5.10. The number of rotatable bonds is 6. The second-order valence-corrected chi connectivity index (χ2v) is 7.85. The molecule has 7 heteroatoms. The molecule has 2 heterocycles. The number of nitrogens with zero attached hydrogens (tertiary/aromatic N) is 1. The Bertz CT molecular complexity index is 950. The van der Waals surface area contributed by atoms with E-state index >= 15 is 0 Å². The Morgan fingerprint density at radius 3 is 2.69 bits per heavy atom. The minimum absolute atomic E-state index is 0.0858. The highest BCUT2D eigenvalue weighted by Crippen LogP contribution is 2.33. The molecule has 0 aliphatic carbocycles. The van der Waals surface area contributed by atoms with E-state index in [2.05, 4.69) is 11.4 Å². The van der Waals surface area contributed by atoms with Crippen LogP contribution in [0.1, 0.15) is 35.2 Å². The number of nitrogens with one attached hydrogen (secondary N) is 1. The molecular weight excluding hydrogens is 388 g/mol. The van der Waals surface area contributed by atoms with Crippen LogP contribution >= 0.6 is 11.3 Å². The number of amides is 2. The maximum absolute atomic E-state index is 12.8. The van der Waals surface area contributed by atoms with Crippen molar-refractivity contribution in [3.05, 3.63) is 62.5 Å². The molecule has 0 radical (unpaired) electrons. The minimum Gasteiger partial charge on any atom is -0.487 e. The van der Waals surface area contributed by atoms with E-state index < -0.39 is 12.0 Å². The molecule has 1 unspecified atom stereocenters. The Balaban J connectivity index is 2.03. The number of thiophene rings is 1. The van der Waals surface area contributed by atoms with Crippen LogP contribution in [0.25, 0.3) is 0 Å². The van der Waals surface area contributed by atoms with Crippen LogP contribution in [0.4, 0.5) is 4.79 Å². The third-order valence-corrected chi connectivity index (χ3v) is 5.78. The molecule has 1 aromatic carbocycles. The summed E-state index contributed by atoms with van der Waals surface area (Å²) >= 11 is 1.51. The average Bonchev–Trinajstić information content (AvgIpc) is 3.20. The summed E-state index contributed by atoms with van der Waals surface area (Å²) in [5.74, 6) is 0.288. The van der Waals surface area contributed by atoms with Gasteiger partial charge < -0.3 is 14.8 Å². The molecule has 0 saturated heterocycles. The lowest BCUT2D eigenvalue weighted by Crippen LogP contribution is -2.48. The number of carbonyl (C=O) groups excluding carboxylic acids is 2. The molecular formula is C22H26N2O4S. The topological polar surface area (TPSA) is 67.9 Å². The number of benzene rings is 1. The van der Waals surface area contributed by atoms with Crippen molar-refractivity contribution in [2.45, 2.75) is 33.7 Å². The zero-order chi connectivity index (χ0) is 21.1. The Morgan fingerprint density at radius 2 is 2.03 bits per heavy atom. The Morgan fingerprint density at radius 1 is 1.28 bits per heavy atom. The smallest absolute Gasteiger partial charge is 0.338 e. The van der Waals surface area contributed by atoms with Gasteiger partial charge in [-0.1, -0.05) is 6.07 Å². The fourth-order valence-electron chi connectivity index (χ4n) is 3.37. The fourth-order valence-corrected chi connectivity index (χ4v) is 4.05. The van der Waals surface area contributed by atoms with Crippen LogP contribution in [0, 0.1) is 20.8 Å². The standard InChI is InChI=1S/C22H26N2O4S/c1-6-27-21(25)19-17(11-28-18-10-13(2)9-14(3)15(18)4)24(5)22(26)23-20(19)16-7-8-29-12-16/h7-10,12,20H,6,11H2,1-5H3,(H,23,26). The lowest BCUT2D eigenvalue weighted by atomic mass is 9.97. The first-order valence-electron chi connectivity index (χ1n) is 9.50. The molecule has 6 nitrogen and oxygen atoms in total. The molecule has 1 N–H and O–H groups in total. The van der Waals surface area contributed by atoms with Gasteiger partial charge in [0.1, 0.15) is 12.4 Å². The van der Waals surface area contributed by atoms with Gasteiger partial charge in [-0.25, -0.2) is 9.59 Å². The summed E-state index contributed by atoms with van der Waals surface area (Å²) in [7, 11) is 1.63. The third kappa shape index (κ3) is 4.29. The number of carbonyl (C=O) groups is 2. The van der Waals surface area contributed by atoms with Gasteiger partial charge >= 0.3 is 12.0 Å². The van der Waals surface area contributed by atoms with Crippen molar-refractivity contribution in [3.63, 3.8) is 0 Å². The molecule has 1 aliphatic rings. The largest absolute Gasteiger partial charge is 0.487 e. The maximum Gasteiger partial charge on any atom is 0.338 e. The van der Waals surface area contributed by atoms with Crippen LogP contribution in [-0.4, -0.2) is 37.2 Å². The lowest BCUT2D eigenvalue weighted by Gasteiger charge is -2.34. The van der Waals surface area contributed by atoms with Gasteiger partial charge in [0.2, 0.25) is 0 Å². The van der Waals surface area contributed by atoms with Crippen molar-refractivity contribution >= 4 is 23.3 Å². The van der Waals surface area contributed by atoms with Gasteiger partial charge in [-0.3, -0.25) is 4.90 Å². The van der Waals surface area contributed by atoms with Crippen LogP contribution in [0.3, 0.4) is 0 Å². The van der Waals surface area contributed by atoms with Crippen LogP contribution in [-0.2, 0) is 9.53 Å². The Labute approximate surface area is 175 Å². The van der Waals surface area contributed by atoms with Crippen molar-refractivity contribution in [2.24, 2.45) is 0 Å². The molecule has 3 rings (SSSR count). The second kappa shape index (κ2) is 8.69. The van der Waals surface area contributed by atoms with Gasteiger partial charge in [0.25, 0.3) is 0 Å². The number of urea groups is 1. The van der Waals surface area contributed by atoms with Crippen molar-refractivity contribution in [1.29, 1.82) is 0 Å². The fraction of sp³-hybridized carbons (Fsp3) is 0.364. The quantitative estimate of drug-likeness (QED) is 0.717. The maximum atomic E-state index is 12.8. The molecule has 1 atom stereocenters. The summed E-state index contributed by atoms with van der Waals surface area (Å²) in [6.07, 6.45) is 0. The number of hydrogen-bond acceptors (Lipinski definition) is 5. The van der Waals surface area contributed by atoms with E-state index in [1.54, 1.807) is 14.0 Å². The molecule has 1 aromatic heterocycles. The minimum atomic E-state index is -0.567. The first-order chi connectivity index (χ1) is 13.8. The van der Waals surface area contributed by atoms with Gasteiger partial charge in [-0.05, 0) is 72.8 Å². The summed E-state index contributed by atoms with van der Waals surface area (Å²) in [4.78, 5) is 26.9. The van der Waals surface area contributed by atoms with E-state index in [1.807, 2.05) is 43.7 Å². The summed E-state index contributed by atoms with van der Waals surface area (Å²) in [6.45, 7) is 8.14. The van der Waals surface area contributed by atoms with Crippen LogP contribution in [0.15, 0.2) is 40.2 Å². The van der Waals surface area contributed by atoms with Crippen molar-refractivity contribution in [1.82, 2.24) is 10.2 Å². The van der Waals surface area contributed by atoms with E-state index in [0.29, 0.717) is 11.3 Å². The molecule has 29 heavy (non-hydrogen) atoms. The zero-order valence-corrected chi connectivity index (χ0v) is 18.2. The average molecular weight is 415 g/mol. The molecule has 1 aliphatic heterocycles. The monoisotopic (exact) mass is 414 g/mol. The SMILES string of the molecule is CCOC(=O)C1=C(COc2cc(C)cc(C)c2C)N(C)C(=O)NC1c1ccsc1. The summed E-state index contributed by atoms with van der Waals surface area (Å²) in [5.41, 5.74) is 5.00. The summed E-state index contributed by atoms with van der Waals surface area (Å²) < 4.78 is 11.4. The van der Waals surface area contributed by atoms with E-state index in [1.165, 1.54) is 16.2 Å². The highest BCUT2D eigenvalue weighted by molar-refractivity contribution is 7.08. The van der Waals surface area contributed by atoms with Crippen LogP contribution in [0.5, 0.6) is 5.75 Å². The third-order valence-electron chi connectivity index (χ3n) is 5.08. The highest BCUT2D eigenvalue weighted by Gasteiger charge is 2.37. The van der Waals surface area contributed by atoms with Crippen LogP contribution < -0.4 is 10.1 Å². The normalized spacial score (nSPS) is 16.7. The van der Waals surface area contributed by atoms with Crippen LogP contribution in [0.2, 0.25) is 0 Å². The Kier molecular flexibility index (Phi) is 6.27. The molecule has 154 valence electrons. The molecule has 0 bridgehead atoms. The highest BCUT2D eigenvalue weighted by atomic mass is 32.1. The first-order valence-corrected chi connectivity index (χ1v) is 10.4. The van der Waals surface area contributed by atoms with Gasteiger partial charge in [0, 0.05) is 7.05 Å². The van der Waals surface area contributed by atoms with Crippen molar-refractivity contribution in [2.75, 3.05) is 20.3 Å². The molecule has 2 aromatic rings. The van der Waals surface area contributed by atoms with E-state index in [9.17, 15) is 9.59 Å². The van der Waals surface area contributed by atoms with Gasteiger partial charge in [-0.2, -0.15) is 11.3 Å². The Hall–Kier alpha value is -2.80. The number of esters is 1. The van der Waals surface area contributed by atoms with E-state index in [4.69, 9.17) is 9.47 Å². The number of likely N-dealkylation sites (N-methyl/N-ethyl adjacent to an activating group) is 1. The van der Waals surface area contributed by atoms with Gasteiger partial charge in [0.05, 0.1) is 23.9 Å². The van der Waals surface area contributed by atoms with E-state index in [-0.39, 0.29) is 19.2 Å². The van der Waals surface area contributed by atoms with E-state index in [0.717, 1.165) is 28.0 Å². The zero-order valence-electron chi connectivity index (χ0n) is 17.4. The number of hydrogen-bond donors (Lipinski definition) is 1. The number of aryl methyl sites for hydroxylation is 2. The van der Waals surface area contributed by atoms with Gasteiger partial charge in [-0.15, -0.1) is 0 Å². The molecule has 0 saturated carbocycles. The molecule has 0 fully saturated rings.